The maximum atomic E-state index is 11.7. The van der Waals surface area contributed by atoms with E-state index in [1.807, 2.05) is 24.3 Å². The number of methoxy groups -OCH3 is 1. The van der Waals surface area contributed by atoms with Crippen LogP contribution < -0.4 is 4.74 Å². The molecule has 0 N–H and O–H groups in total. The lowest BCUT2D eigenvalue weighted by atomic mass is 9.85. The number of esters is 1. The van der Waals surface area contributed by atoms with Crippen LogP contribution in [0.25, 0.3) is 11.0 Å². The van der Waals surface area contributed by atoms with Crippen LogP contribution in [0.3, 0.4) is 0 Å². The molecule has 1 aliphatic rings. The van der Waals surface area contributed by atoms with Gasteiger partial charge in [0.05, 0.1) is 30.3 Å². The number of hydrogen-bond acceptors (Lipinski definition) is 4. The molecule has 1 fully saturated rings. The van der Waals surface area contributed by atoms with E-state index in [0.29, 0.717) is 40.4 Å². The molecule has 1 saturated carbocycles. The van der Waals surface area contributed by atoms with Crippen molar-refractivity contribution in [2.24, 2.45) is 0 Å². The van der Waals surface area contributed by atoms with Crippen LogP contribution in [0.5, 0.6) is 5.75 Å². The molecule has 1 aromatic heterocycles. The Morgan fingerprint density at radius 2 is 1.48 bits per heavy atom. The van der Waals surface area contributed by atoms with Gasteiger partial charge < -0.3 is 14.0 Å². The highest BCUT2D eigenvalue weighted by Gasteiger charge is 2.30. The zero-order valence-corrected chi connectivity index (χ0v) is 23.5. The first-order valence-corrected chi connectivity index (χ1v) is 14.1. The Morgan fingerprint density at radius 1 is 0.875 bits per heavy atom. The lowest BCUT2D eigenvalue weighted by Crippen LogP contribution is -2.11. The number of halogens is 2. The van der Waals surface area contributed by atoms with Crippen LogP contribution in [0.1, 0.15) is 57.6 Å². The fourth-order valence-corrected chi connectivity index (χ4v) is 5.43. The van der Waals surface area contributed by atoms with E-state index in [9.17, 15) is 4.79 Å². The second-order valence-corrected chi connectivity index (χ2v) is 10.9. The molecular formula is C33H28Cl2N2O3. The number of imidazole rings is 1. The van der Waals surface area contributed by atoms with Gasteiger partial charge in [0.15, 0.2) is 0 Å². The molecule has 4 aromatic carbocycles. The van der Waals surface area contributed by atoms with Gasteiger partial charge in [-0.15, -0.1) is 0 Å². The van der Waals surface area contributed by atoms with Crippen molar-refractivity contribution in [3.05, 3.63) is 129 Å². The van der Waals surface area contributed by atoms with E-state index in [0.717, 1.165) is 40.8 Å². The third-order valence-electron chi connectivity index (χ3n) is 7.34. The molecule has 6 rings (SSSR count). The van der Waals surface area contributed by atoms with E-state index in [1.165, 1.54) is 12.7 Å². The van der Waals surface area contributed by atoms with Gasteiger partial charge in [0.2, 0.25) is 0 Å². The molecule has 5 nitrogen and oxygen atoms in total. The Kier molecular flexibility index (Phi) is 7.50. The summed E-state index contributed by atoms with van der Waals surface area (Å²) < 4.78 is 13.2. The average Bonchev–Trinajstić information content (AvgIpc) is 3.77. The summed E-state index contributed by atoms with van der Waals surface area (Å²) in [5.41, 5.74) is 6.04. The van der Waals surface area contributed by atoms with Crippen LogP contribution in [-0.2, 0) is 11.3 Å². The number of rotatable bonds is 9. The predicted octanol–water partition coefficient (Wildman–Crippen LogP) is 8.27. The quantitative estimate of drug-likeness (QED) is 0.132. The van der Waals surface area contributed by atoms with Gasteiger partial charge in [0, 0.05) is 21.9 Å². The number of hydrogen-bond donors (Lipinski definition) is 0. The SMILES string of the molecule is COC(=O)c1ccc(OCCn2c(C3CC3)nc3ccc(C(c4ccc(Cl)cc4)c4ccc(Cl)cc4)cc32)cc1. The highest BCUT2D eigenvalue weighted by Crippen LogP contribution is 2.41. The number of ether oxygens (including phenoxy) is 2. The molecule has 1 aliphatic carbocycles. The number of benzene rings is 4. The first-order valence-electron chi connectivity index (χ1n) is 13.3. The number of aromatic nitrogens is 2. The number of nitrogens with zero attached hydrogens (tertiary/aromatic N) is 2. The fraction of sp³-hybridized carbons (Fsp3) is 0.212. The topological polar surface area (TPSA) is 53.4 Å². The van der Waals surface area contributed by atoms with Crippen molar-refractivity contribution < 1.29 is 14.3 Å². The minimum Gasteiger partial charge on any atom is -0.492 e. The molecular weight excluding hydrogens is 543 g/mol. The molecule has 7 heteroatoms. The maximum Gasteiger partial charge on any atom is 0.337 e. The minimum atomic E-state index is -0.364. The molecule has 0 saturated heterocycles. The minimum absolute atomic E-state index is 0.0104. The van der Waals surface area contributed by atoms with E-state index < -0.39 is 0 Å². The van der Waals surface area contributed by atoms with Crippen molar-refractivity contribution in [3.63, 3.8) is 0 Å². The van der Waals surface area contributed by atoms with Crippen LogP contribution in [0.15, 0.2) is 91.0 Å². The number of fused-ring (bicyclic) bond motifs is 1. The summed E-state index contributed by atoms with van der Waals surface area (Å²) in [7, 11) is 1.37. The van der Waals surface area contributed by atoms with E-state index >= 15 is 0 Å². The van der Waals surface area contributed by atoms with Gasteiger partial charge in [-0.1, -0.05) is 53.5 Å². The number of carbonyl (C=O) groups excluding carboxylic acids is 1. The first kappa shape index (κ1) is 26.4. The van der Waals surface area contributed by atoms with Crippen LogP contribution in [0.2, 0.25) is 10.0 Å². The van der Waals surface area contributed by atoms with Gasteiger partial charge in [-0.05, 0) is 90.2 Å². The summed E-state index contributed by atoms with van der Waals surface area (Å²) >= 11 is 12.5. The zero-order chi connectivity index (χ0) is 27.6. The van der Waals surface area contributed by atoms with E-state index in [2.05, 4.69) is 47.0 Å². The highest BCUT2D eigenvalue weighted by molar-refractivity contribution is 6.30. The van der Waals surface area contributed by atoms with Crippen molar-refractivity contribution in [2.75, 3.05) is 13.7 Å². The van der Waals surface area contributed by atoms with Crippen molar-refractivity contribution in [1.82, 2.24) is 9.55 Å². The molecule has 202 valence electrons. The third kappa shape index (κ3) is 5.58. The van der Waals surface area contributed by atoms with E-state index in [-0.39, 0.29) is 11.9 Å². The second kappa shape index (κ2) is 11.4. The molecule has 0 unspecified atom stereocenters. The summed E-state index contributed by atoms with van der Waals surface area (Å²) in [5.74, 6) is 1.95. The Bertz CT molecular complexity index is 1600. The number of carbonyl (C=O) groups is 1. The molecule has 0 aliphatic heterocycles. The van der Waals surface area contributed by atoms with Crippen molar-refractivity contribution in [3.8, 4) is 5.75 Å². The lowest BCUT2D eigenvalue weighted by molar-refractivity contribution is 0.0600. The van der Waals surface area contributed by atoms with Gasteiger partial charge >= 0.3 is 5.97 Å². The van der Waals surface area contributed by atoms with Crippen LogP contribution in [-0.4, -0.2) is 29.2 Å². The van der Waals surface area contributed by atoms with E-state index in [4.69, 9.17) is 37.7 Å². The van der Waals surface area contributed by atoms with Gasteiger partial charge in [-0.25, -0.2) is 9.78 Å². The van der Waals surface area contributed by atoms with Crippen molar-refractivity contribution in [2.45, 2.75) is 31.2 Å². The molecule has 0 radical (unpaired) electrons. The molecule has 0 amide bonds. The maximum absolute atomic E-state index is 11.7. The van der Waals surface area contributed by atoms with Crippen LogP contribution in [0, 0.1) is 0 Å². The standard InChI is InChI=1S/C33H28Cl2N2O3/c1-39-33(38)24-8-15-28(16-9-24)40-19-18-37-30-20-25(10-17-29(30)36-32(37)23-2-3-23)31(21-4-11-26(34)12-5-21)22-6-13-27(35)14-7-22/h4-17,20,23,31H,2-3,18-19H2,1H3. The van der Waals surface area contributed by atoms with Crippen molar-refractivity contribution >= 4 is 40.2 Å². The van der Waals surface area contributed by atoms with Gasteiger partial charge in [0.25, 0.3) is 0 Å². The van der Waals surface area contributed by atoms with E-state index in [1.54, 1.807) is 24.3 Å². The summed E-state index contributed by atoms with van der Waals surface area (Å²) in [4.78, 5) is 16.8. The molecule has 0 bridgehead atoms. The Labute approximate surface area is 243 Å². The Hall–Kier alpha value is -3.80. The molecule has 5 aromatic rings. The predicted molar refractivity (Wildman–Crippen MR) is 159 cm³/mol. The summed E-state index contributed by atoms with van der Waals surface area (Å²) in [6.45, 7) is 1.14. The summed E-state index contributed by atoms with van der Waals surface area (Å²) in [6, 6.07) is 29.6. The summed E-state index contributed by atoms with van der Waals surface area (Å²) in [5, 5.41) is 1.42. The largest absolute Gasteiger partial charge is 0.492 e. The lowest BCUT2D eigenvalue weighted by Gasteiger charge is -2.20. The van der Waals surface area contributed by atoms with Gasteiger partial charge in [-0.2, -0.15) is 0 Å². The second-order valence-electron chi connectivity index (χ2n) is 10.0. The zero-order valence-electron chi connectivity index (χ0n) is 22.0. The first-order chi connectivity index (χ1) is 19.5. The third-order valence-corrected chi connectivity index (χ3v) is 7.85. The van der Waals surface area contributed by atoms with Crippen LogP contribution >= 0.6 is 23.2 Å². The molecule has 1 heterocycles. The van der Waals surface area contributed by atoms with Crippen LogP contribution in [0.4, 0.5) is 0 Å². The van der Waals surface area contributed by atoms with Crippen molar-refractivity contribution in [1.29, 1.82) is 0 Å². The molecule has 40 heavy (non-hydrogen) atoms. The normalized spacial score (nSPS) is 13.1. The molecule has 0 spiro atoms. The summed E-state index contributed by atoms with van der Waals surface area (Å²) in [6.07, 6.45) is 2.31. The Morgan fingerprint density at radius 3 is 2.05 bits per heavy atom. The Balaban J connectivity index is 1.32. The molecule has 0 atom stereocenters. The highest BCUT2D eigenvalue weighted by atomic mass is 35.5. The smallest absolute Gasteiger partial charge is 0.337 e. The van der Waals surface area contributed by atoms with Gasteiger partial charge in [-0.3, -0.25) is 0 Å². The average molecular weight is 572 g/mol. The fourth-order valence-electron chi connectivity index (χ4n) is 5.17. The van der Waals surface area contributed by atoms with Gasteiger partial charge in [0.1, 0.15) is 18.2 Å². The monoisotopic (exact) mass is 570 g/mol.